The van der Waals surface area contributed by atoms with Crippen LogP contribution < -0.4 is 10.0 Å². The number of nitrogens with one attached hydrogen (secondary N) is 2. The molecule has 0 spiro atoms. The highest BCUT2D eigenvalue weighted by atomic mass is 32.2. The molecule has 1 heterocycles. The van der Waals surface area contributed by atoms with Crippen LogP contribution in [0.25, 0.3) is 0 Å². The molecular formula is C22H24N4O4S2. The molecule has 8 nitrogen and oxygen atoms in total. The van der Waals surface area contributed by atoms with E-state index >= 15 is 0 Å². The molecule has 0 radical (unpaired) electrons. The third-order valence-corrected chi connectivity index (χ3v) is 6.66. The van der Waals surface area contributed by atoms with Gasteiger partial charge in [0.2, 0.25) is 10.0 Å². The maximum Gasteiger partial charge on any atom is 0.255 e. The number of rotatable bonds is 9. The van der Waals surface area contributed by atoms with E-state index < -0.39 is 10.0 Å². The average molecular weight is 473 g/mol. The van der Waals surface area contributed by atoms with Crippen LogP contribution in [0.3, 0.4) is 0 Å². The van der Waals surface area contributed by atoms with E-state index in [1.165, 1.54) is 43.1 Å². The summed E-state index contributed by atoms with van der Waals surface area (Å²) in [5.74, 6) is -0.334. The first-order chi connectivity index (χ1) is 15.3. The van der Waals surface area contributed by atoms with Crippen LogP contribution in [0.2, 0.25) is 0 Å². The quantitative estimate of drug-likeness (QED) is 0.363. The first-order valence-electron chi connectivity index (χ1n) is 9.77. The average Bonchev–Trinajstić information content (AvgIpc) is 2.74. The summed E-state index contributed by atoms with van der Waals surface area (Å²) in [6.07, 6.45) is 0. The molecule has 0 fully saturated rings. The van der Waals surface area contributed by atoms with Crippen molar-refractivity contribution in [3.8, 4) is 0 Å². The van der Waals surface area contributed by atoms with Gasteiger partial charge in [-0.2, -0.15) is 0 Å². The van der Waals surface area contributed by atoms with Crippen molar-refractivity contribution in [1.82, 2.24) is 14.7 Å². The minimum Gasteiger partial charge on any atom is -0.383 e. The molecule has 2 N–H and O–H groups in total. The van der Waals surface area contributed by atoms with E-state index in [0.29, 0.717) is 16.4 Å². The van der Waals surface area contributed by atoms with Gasteiger partial charge in [0.25, 0.3) is 5.91 Å². The Morgan fingerprint density at radius 2 is 1.62 bits per heavy atom. The summed E-state index contributed by atoms with van der Waals surface area (Å²) in [5, 5.41) is 3.48. The van der Waals surface area contributed by atoms with Gasteiger partial charge in [-0.05, 0) is 80.2 Å². The second kappa shape index (κ2) is 10.7. The lowest BCUT2D eigenvalue weighted by Gasteiger charge is -2.09. The molecule has 32 heavy (non-hydrogen) atoms. The predicted octanol–water partition coefficient (Wildman–Crippen LogP) is 3.42. The number of nitrogens with zero attached hydrogens (tertiary/aromatic N) is 2. The molecule has 0 unspecified atom stereocenters. The number of ether oxygens (including phenoxy) is 1. The summed E-state index contributed by atoms with van der Waals surface area (Å²) in [6.45, 7) is 4.30. The Morgan fingerprint density at radius 1 is 1.00 bits per heavy atom. The summed E-state index contributed by atoms with van der Waals surface area (Å²) >= 11 is 1.45. The molecule has 0 saturated carbocycles. The highest BCUT2D eigenvalue weighted by Gasteiger charge is 2.14. The second-order valence-electron chi connectivity index (χ2n) is 6.93. The number of aryl methyl sites for hydroxylation is 2. The van der Waals surface area contributed by atoms with Gasteiger partial charge in [-0.15, -0.1) is 0 Å². The Hall–Kier alpha value is -2.79. The van der Waals surface area contributed by atoms with Gasteiger partial charge in [0.05, 0.1) is 11.5 Å². The summed E-state index contributed by atoms with van der Waals surface area (Å²) in [4.78, 5) is 22.4. The molecule has 1 amide bonds. The summed E-state index contributed by atoms with van der Waals surface area (Å²) in [5.41, 5.74) is 2.79. The van der Waals surface area contributed by atoms with Crippen LogP contribution in [0, 0.1) is 13.8 Å². The number of carbonyl (C=O) groups excluding carboxylic acids is 1. The van der Waals surface area contributed by atoms with E-state index in [1.54, 1.807) is 12.1 Å². The molecule has 0 aliphatic rings. The number of amides is 1. The van der Waals surface area contributed by atoms with Gasteiger partial charge >= 0.3 is 0 Å². The van der Waals surface area contributed by atoms with Gasteiger partial charge in [-0.25, -0.2) is 23.1 Å². The molecule has 2 aromatic carbocycles. The first kappa shape index (κ1) is 23.9. The van der Waals surface area contributed by atoms with Gasteiger partial charge < -0.3 is 10.1 Å². The van der Waals surface area contributed by atoms with Crippen LogP contribution in [-0.2, 0) is 14.8 Å². The first-order valence-corrected chi connectivity index (χ1v) is 12.1. The second-order valence-corrected chi connectivity index (χ2v) is 9.74. The highest BCUT2D eigenvalue weighted by Crippen LogP contribution is 2.26. The fourth-order valence-corrected chi connectivity index (χ4v) is 4.68. The Bertz CT molecular complexity index is 1160. The third-order valence-electron chi connectivity index (χ3n) is 4.31. The van der Waals surface area contributed by atoms with Crippen LogP contribution in [0.15, 0.2) is 69.5 Å². The minimum absolute atomic E-state index is 0.0835. The molecule has 3 aromatic rings. The molecule has 0 bridgehead atoms. The topological polar surface area (TPSA) is 110 Å². The van der Waals surface area contributed by atoms with Crippen LogP contribution in [0.4, 0.5) is 5.69 Å². The lowest BCUT2D eigenvalue weighted by Crippen LogP contribution is -2.27. The summed E-state index contributed by atoms with van der Waals surface area (Å²) < 4.78 is 31.7. The molecule has 10 heteroatoms. The van der Waals surface area contributed by atoms with Crippen molar-refractivity contribution >= 4 is 33.4 Å². The highest BCUT2D eigenvalue weighted by molar-refractivity contribution is 7.99. The number of carbonyl (C=O) groups is 1. The van der Waals surface area contributed by atoms with E-state index in [1.807, 2.05) is 32.0 Å². The van der Waals surface area contributed by atoms with Gasteiger partial charge in [0.15, 0.2) is 5.16 Å². The number of hydrogen-bond acceptors (Lipinski definition) is 7. The summed E-state index contributed by atoms with van der Waals surface area (Å²) in [6, 6.07) is 15.0. The molecule has 0 saturated heterocycles. The maximum atomic E-state index is 12.5. The van der Waals surface area contributed by atoms with E-state index in [-0.39, 0.29) is 24.0 Å². The SMILES string of the molecule is COCCNS(=O)(=O)c1ccc(C(=O)Nc2ccc(Sc3nc(C)cc(C)n3)cc2)cc1. The van der Waals surface area contributed by atoms with Crippen LogP contribution in [-0.4, -0.2) is 44.6 Å². The molecule has 0 atom stereocenters. The summed E-state index contributed by atoms with van der Waals surface area (Å²) in [7, 11) is -2.15. The number of anilines is 1. The number of hydrogen-bond donors (Lipinski definition) is 2. The Kier molecular flexibility index (Phi) is 7.97. The van der Waals surface area contributed by atoms with Gasteiger partial charge in [0, 0.05) is 41.2 Å². The minimum atomic E-state index is -3.64. The Balaban J connectivity index is 1.62. The van der Waals surface area contributed by atoms with Gasteiger partial charge in [-0.3, -0.25) is 4.79 Å². The molecule has 168 valence electrons. The van der Waals surface area contributed by atoms with Gasteiger partial charge in [0.1, 0.15) is 0 Å². The normalized spacial score (nSPS) is 11.3. The Labute approximate surface area is 191 Å². The van der Waals surface area contributed by atoms with Crippen molar-refractivity contribution in [2.24, 2.45) is 0 Å². The molecule has 3 rings (SSSR count). The van der Waals surface area contributed by atoms with Crippen molar-refractivity contribution in [1.29, 1.82) is 0 Å². The van der Waals surface area contributed by atoms with E-state index in [9.17, 15) is 13.2 Å². The van der Waals surface area contributed by atoms with E-state index in [2.05, 4.69) is 20.0 Å². The smallest absolute Gasteiger partial charge is 0.255 e. The fraction of sp³-hybridized carbons (Fsp3) is 0.227. The molecule has 0 aliphatic carbocycles. The van der Waals surface area contributed by atoms with Crippen LogP contribution in [0.1, 0.15) is 21.7 Å². The standard InChI is InChI=1S/C22H24N4O4S2/c1-15-14-16(2)25-22(24-15)31-19-8-6-18(7-9-19)26-21(27)17-4-10-20(11-5-17)32(28,29)23-12-13-30-3/h4-11,14,23H,12-13H2,1-3H3,(H,26,27). The van der Waals surface area contributed by atoms with E-state index in [4.69, 9.17) is 4.74 Å². The van der Waals surface area contributed by atoms with Crippen molar-refractivity contribution in [2.45, 2.75) is 28.8 Å². The third kappa shape index (κ3) is 6.60. The van der Waals surface area contributed by atoms with Crippen molar-refractivity contribution in [3.63, 3.8) is 0 Å². The zero-order valence-electron chi connectivity index (χ0n) is 18.0. The zero-order valence-corrected chi connectivity index (χ0v) is 19.6. The lowest BCUT2D eigenvalue weighted by atomic mass is 10.2. The fourth-order valence-electron chi connectivity index (χ4n) is 2.80. The maximum absolute atomic E-state index is 12.5. The molecular weight excluding hydrogens is 448 g/mol. The number of benzene rings is 2. The van der Waals surface area contributed by atoms with Crippen LogP contribution >= 0.6 is 11.8 Å². The number of methoxy groups -OCH3 is 1. The van der Waals surface area contributed by atoms with Crippen molar-refractivity contribution < 1.29 is 17.9 Å². The van der Waals surface area contributed by atoms with Gasteiger partial charge in [-0.1, -0.05) is 0 Å². The zero-order chi connectivity index (χ0) is 23.1. The molecule has 0 aliphatic heterocycles. The van der Waals surface area contributed by atoms with Crippen molar-refractivity contribution in [3.05, 3.63) is 71.5 Å². The number of sulfonamides is 1. The van der Waals surface area contributed by atoms with Crippen molar-refractivity contribution in [2.75, 3.05) is 25.6 Å². The number of aromatic nitrogens is 2. The molecule has 1 aromatic heterocycles. The van der Waals surface area contributed by atoms with E-state index in [0.717, 1.165) is 16.3 Å². The lowest BCUT2D eigenvalue weighted by molar-refractivity contribution is 0.102. The van der Waals surface area contributed by atoms with Crippen LogP contribution in [0.5, 0.6) is 0 Å². The predicted molar refractivity (Wildman–Crippen MR) is 124 cm³/mol. The largest absolute Gasteiger partial charge is 0.383 e. The monoisotopic (exact) mass is 472 g/mol. The Morgan fingerprint density at radius 3 is 2.22 bits per heavy atom.